The smallest absolute Gasteiger partial charge is 0.275 e. The minimum atomic E-state index is -1.33. The third-order valence-electron chi connectivity index (χ3n) is 6.23. The lowest BCUT2D eigenvalue weighted by atomic mass is 9.95. The van der Waals surface area contributed by atoms with Crippen molar-refractivity contribution in [1.82, 2.24) is 10.3 Å². The molecule has 9 heteroatoms. The summed E-state index contributed by atoms with van der Waals surface area (Å²) < 4.78 is 0. The maximum Gasteiger partial charge on any atom is 0.275 e. The van der Waals surface area contributed by atoms with Gasteiger partial charge in [-0.3, -0.25) is 19.7 Å². The first-order valence-corrected chi connectivity index (χ1v) is 11.1. The quantitative estimate of drug-likeness (QED) is 0.294. The molecule has 1 fully saturated rings. The standard InChI is InChI=1S/C26H22N4O5/c31-23-15-29(16-8-2-1-3-9-16)26(33)21(27-23)14-19-17-10-4-6-12-20(17)28-24(19)25(32)18-11-5-7-13-22(18)30(34)35/h1-13,21,25,28,32H,14-15H2,(H,27,31). The minimum Gasteiger partial charge on any atom is -0.382 e. The summed E-state index contributed by atoms with van der Waals surface area (Å²) in [6.45, 7) is -0.0844. The first-order valence-electron chi connectivity index (χ1n) is 11.1. The van der Waals surface area contributed by atoms with Gasteiger partial charge >= 0.3 is 0 Å². The average molecular weight is 470 g/mol. The topological polar surface area (TPSA) is 129 Å². The first kappa shape index (κ1) is 22.3. The third-order valence-corrected chi connectivity index (χ3v) is 6.23. The molecule has 2 amide bonds. The molecule has 2 heterocycles. The van der Waals surface area contributed by atoms with Crippen LogP contribution in [-0.2, 0) is 16.0 Å². The molecular weight excluding hydrogens is 448 g/mol. The van der Waals surface area contributed by atoms with Gasteiger partial charge in [0.25, 0.3) is 5.69 Å². The average Bonchev–Trinajstić information content (AvgIpc) is 3.24. The van der Waals surface area contributed by atoms with E-state index in [0.29, 0.717) is 22.5 Å². The predicted molar refractivity (Wildman–Crippen MR) is 130 cm³/mol. The molecule has 5 rings (SSSR count). The van der Waals surface area contributed by atoms with Gasteiger partial charge in [-0.1, -0.05) is 48.5 Å². The lowest BCUT2D eigenvalue weighted by Crippen LogP contribution is -2.59. The molecule has 3 aromatic carbocycles. The van der Waals surface area contributed by atoms with Crippen molar-refractivity contribution in [3.63, 3.8) is 0 Å². The van der Waals surface area contributed by atoms with Gasteiger partial charge in [0.15, 0.2) is 0 Å². The molecule has 0 spiro atoms. The first-order chi connectivity index (χ1) is 16.9. The summed E-state index contributed by atoms with van der Waals surface area (Å²) in [6.07, 6.45) is -1.23. The fourth-order valence-corrected chi connectivity index (χ4v) is 4.59. The van der Waals surface area contributed by atoms with Crippen LogP contribution in [0.2, 0.25) is 0 Å². The third kappa shape index (κ3) is 4.13. The van der Waals surface area contributed by atoms with Crippen LogP contribution in [0.4, 0.5) is 11.4 Å². The molecule has 0 aliphatic carbocycles. The Balaban J connectivity index is 1.56. The second-order valence-corrected chi connectivity index (χ2v) is 8.37. The highest BCUT2D eigenvalue weighted by Crippen LogP contribution is 2.35. The molecule has 2 unspecified atom stereocenters. The molecule has 1 saturated heterocycles. The Morgan fingerprint density at radius 1 is 1.00 bits per heavy atom. The zero-order chi connectivity index (χ0) is 24.5. The van der Waals surface area contributed by atoms with Crippen LogP contribution in [0.3, 0.4) is 0 Å². The van der Waals surface area contributed by atoms with Crippen molar-refractivity contribution in [2.45, 2.75) is 18.6 Å². The van der Waals surface area contributed by atoms with Crippen molar-refractivity contribution in [1.29, 1.82) is 0 Å². The summed E-state index contributed by atoms with van der Waals surface area (Å²) in [4.78, 5) is 41.5. The molecule has 3 N–H and O–H groups in total. The minimum absolute atomic E-state index is 0.0844. The van der Waals surface area contributed by atoms with Crippen molar-refractivity contribution in [3.8, 4) is 0 Å². The highest BCUT2D eigenvalue weighted by Gasteiger charge is 2.35. The highest BCUT2D eigenvalue weighted by atomic mass is 16.6. The number of aromatic amines is 1. The fourth-order valence-electron chi connectivity index (χ4n) is 4.59. The van der Waals surface area contributed by atoms with E-state index in [1.165, 1.54) is 23.1 Å². The number of piperazine rings is 1. The van der Waals surface area contributed by atoms with E-state index in [9.17, 15) is 24.8 Å². The van der Waals surface area contributed by atoms with Gasteiger partial charge in [0, 0.05) is 29.1 Å². The molecule has 35 heavy (non-hydrogen) atoms. The molecule has 0 bridgehead atoms. The van der Waals surface area contributed by atoms with Crippen molar-refractivity contribution in [2.24, 2.45) is 0 Å². The van der Waals surface area contributed by atoms with Gasteiger partial charge in [0.2, 0.25) is 11.8 Å². The number of carbonyl (C=O) groups excluding carboxylic acids is 2. The van der Waals surface area contributed by atoms with Gasteiger partial charge in [0.05, 0.1) is 16.2 Å². The van der Waals surface area contributed by atoms with E-state index in [4.69, 9.17) is 0 Å². The Bertz CT molecular complexity index is 1430. The van der Waals surface area contributed by atoms with Gasteiger partial charge in [-0.05, 0) is 29.8 Å². The number of aromatic nitrogens is 1. The number of hydrogen-bond donors (Lipinski definition) is 3. The predicted octanol–water partition coefficient (Wildman–Crippen LogP) is 3.23. The monoisotopic (exact) mass is 470 g/mol. The van der Waals surface area contributed by atoms with Crippen LogP contribution in [0.1, 0.15) is 22.9 Å². The van der Waals surface area contributed by atoms with Crippen LogP contribution in [-0.4, -0.2) is 39.4 Å². The second kappa shape index (κ2) is 9.03. The zero-order valence-electron chi connectivity index (χ0n) is 18.5. The number of anilines is 1. The van der Waals surface area contributed by atoms with E-state index in [1.807, 2.05) is 30.3 Å². The molecule has 4 aromatic rings. The molecule has 176 valence electrons. The number of nitrogens with zero attached hydrogens (tertiary/aromatic N) is 2. The summed E-state index contributed by atoms with van der Waals surface area (Å²) in [5, 5.41) is 26.4. The van der Waals surface area contributed by atoms with Gasteiger partial charge < -0.3 is 20.3 Å². The van der Waals surface area contributed by atoms with Crippen molar-refractivity contribution in [2.75, 3.05) is 11.4 Å². The van der Waals surface area contributed by atoms with Gasteiger partial charge in [-0.25, -0.2) is 0 Å². The maximum atomic E-state index is 13.4. The van der Waals surface area contributed by atoms with Gasteiger partial charge in [-0.2, -0.15) is 0 Å². The molecule has 1 aromatic heterocycles. The summed E-state index contributed by atoms with van der Waals surface area (Å²) in [6, 6.07) is 21.4. The van der Waals surface area contributed by atoms with Crippen molar-refractivity contribution < 1.29 is 19.6 Å². The van der Waals surface area contributed by atoms with Crippen LogP contribution in [0.25, 0.3) is 10.9 Å². The summed E-state index contributed by atoms with van der Waals surface area (Å²) in [7, 11) is 0. The van der Waals surface area contributed by atoms with E-state index in [1.54, 1.807) is 30.3 Å². The molecule has 0 saturated carbocycles. The fraction of sp³-hybridized carbons (Fsp3) is 0.154. The lowest BCUT2D eigenvalue weighted by Gasteiger charge is -2.32. The number of carbonyl (C=O) groups is 2. The number of hydrogen-bond acceptors (Lipinski definition) is 5. The van der Waals surface area contributed by atoms with E-state index < -0.39 is 17.1 Å². The Morgan fingerprint density at radius 2 is 1.69 bits per heavy atom. The molecule has 9 nitrogen and oxygen atoms in total. The molecule has 1 aliphatic heterocycles. The van der Waals surface area contributed by atoms with Crippen molar-refractivity contribution in [3.05, 3.63) is 106 Å². The van der Waals surface area contributed by atoms with Crippen LogP contribution < -0.4 is 10.2 Å². The highest BCUT2D eigenvalue weighted by molar-refractivity contribution is 6.07. The van der Waals surface area contributed by atoms with Crippen LogP contribution in [0, 0.1) is 10.1 Å². The summed E-state index contributed by atoms with van der Waals surface area (Å²) >= 11 is 0. The molecule has 1 aliphatic rings. The number of H-pyrrole nitrogens is 1. The second-order valence-electron chi connectivity index (χ2n) is 8.37. The Labute approximate surface area is 200 Å². The number of aliphatic hydroxyl groups is 1. The van der Waals surface area contributed by atoms with E-state index in [2.05, 4.69) is 10.3 Å². The van der Waals surface area contributed by atoms with Crippen LogP contribution >= 0.6 is 0 Å². The maximum absolute atomic E-state index is 13.4. The van der Waals surface area contributed by atoms with Crippen molar-refractivity contribution >= 4 is 34.1 Å². The number of nitro groups is 1. The zero-order valence-corrected chi connectivity index (χ0v) is 18.5. The Hall–Kier alpha value is -4.50. The van der Waals surface area contributed by atoms with Crippen LogP contribution in [0.5, 0.6) is 0 Å². The number of aliphatic hydroxyl groups excluding tert-OH is 1. The number of nitrogens with one attached hydrogen (secondary N) is 2. The van der Waals surface area contributed by atoms with E-state index in [-0.39, 0.29) is 36.0 Å². The normalized spacial score (nSPS) is 16.8. The van der Waals surface area contributed by atoms with E-state index in [0.717, 1.165) is 5.39 Å². The molecule has 0 radical (unpaired) electrons. The van der Waals surface area contributed by atoms with Crippen LogP contribution in [0.15, 0.2) is 78.9 Å². The lowest BCUT2D eigenvalue weighted by molar-refractivity contribution is -0.386. The van der Waals surface area contributed by atoms with Gasteiger partial charge in [-0.15, -0.1) is 0 Å². The number of fused-ring (bicyclic) bond motifs is 1. The number of para-hydroxylation sites is 3. The number of benzene rings is 3. The molecular formula is C26H22N4O5. The largest absolute Gasteiger partial charge is 0.382 e. The number of amides is 2. The van der Waals surface area contributed by atoms with E-state index >= 15 is 0 Å². The Morgan fingerprint density at radius 3 is 2.46 bits per heavy atom. The summed E-state index contributed by atoms with van der Waals surface area (Å²) in [5.74, 6) is -0.564. The number of rotatable bonds is 6. The Kier molecular flexibility index (Phi) is 5.76. The van der Waals surface area contributed by atoms with Gasteiger partial charge in [0.1, 0.15) is 18.7 Å². The SMILES string of the molecule is O=C1CN(c2ccccc2)C(=O)C(Cc2c(C(O)c3ccccc3[N+](=O)[O-])[nH]c3ccccc23)N1. The number of nitro benzene ring substituents is 1. The summed E-state index contributed by atoms with van der Waals surface area (Å²) in [5.41, 5.74) is 2.22. The molecule has 2 atom stereocenters.